The van der Waals surface area contributed by atoms with E-state index >= 15 is 0 Å². The molecule has 2 rings (SSSR count). The predicted octanol–water partition coefficient (Wildman–Crippen LogP) is 2.91. The molecule has 1 aromatic heterocycles. The highest BCUT2D eigenvalue weighted by Gasteiger charge is 2.14. The lowest BCUT2D eigenvalue weighted by atomic mass is 10.3. The Labute approximate surface area is 118 Å². The van der Waals surface area contributed by atoms with Crippen LogP contribution in [0.4, 0.5) is 5.69 Å². The summed E-state index contributed by atoms with van der Waals surface area (Å²) in [4.78, 5) is 26.1. The number of ether oxygens (including phenoxy) is 1. The topological polar surface area (TPSA) is 95.5 Å². The van der Waals surface area contributed by atoms with E-state index in [2.05, 4.69) is 4.98 Å². The van der Waals surface area contributed by atoms with Crippen LogP contribution in [0.15, 0.2) is 45.1 Å². The summed E-state index contributed by atoms with van der Waals surface area (Å²) in [6.07, 6.45) is 1.21. The molecule has 0 bridgehead atoms. The number of nitro benzene ring substituents is 1. The molecule has 1 heterocycles. The maximum atomic E-state index is 11.4. The van der Waals surface area contributed by atoms with Gasteiger partial charge in [-0.3, -0.25) is 10.1 Å². The lowest BCUT2D eigenvalue weighted by Gasteiger charge is -1.96. The first-order valence-corrected chi connectivity index (χ1v) is 6.46. The van der Waals surface area contributed by atoms with Gasteiger partial charge in [0.25, 0.3) is 10.9 Å². The van der Waals surface area contributed by atoms with Crippen LogP contribution in [0.2, 0.25) is 0 Å². The number of non-ortho nitro benzene ring substituents is 1. The van der Waals surface area contributed by atoms with E-state index < -0.39 is 10.9 Å². The van der Waals surface area contributed by atoms with Gasteiger partial charge in [0, 0.05) is 17.0 Å². The number of aromatic nitrogens is 1. The first kappa shape index (κ1) is 14.1. The van der Waals surface area contributed by atoms with Crippen molar-refractivity contribution in [3.05, 3.63) is 46.3 Å². The fourth-order valence-electron chi connectivity index (χ4n) is 1.34. The number of esters is 1. The number of nitro groups is 1. The van der Waals surface area contributed by atoms with Crippen LogP contribution in [-0.4, -0.2) is 22.5 Å². The molecule has 0 unspecified atom stereocenters. The number of benzene rings is 1. The van der Waals surface area contributed by atoms with Crippen molar-refractivity contribution in [1.29, 1.82) is 0 Å². The average Bonchev–Trinajstić information content (AvgIpc) is 2.88. The standard InChI is InChI=1S/C12H10N2O5S/c1-2-18-11(15)10-7-19-12(13-10)20-9-5-3-8(4-6-9)14(16)17/h3-7H,2H2,1H3. The van der Waals surface area contributed by atoms with E-state index in [1.54, 1.807) is 19.1 Å². The molecule has 1 aromatic carbocycles. The van der Waals surface area contributed by atoms with Gasteiger partial charge in [-0.15, -0.1) is 0 Å². The summed E-state index contributed by atoms with van der Waals surface area (Å²) in [5.74, 6) is -0.549. The molecule has 0 amide bonds. The van der Waals surface area contributed by atoms with Crippen molar-refractivity contribution in [2.75, 3.05) is 6.61 Å². The van der Waals surface area contributed by atoms with Crippen LogP contribution in [0, 0.1) is 10.1 Å². The Kier molecular flexibility index (Phi) is 4.36. The third-order valence-corrected chi connectivity index (χ3v) is 3.09. The minimum Gasteiger partial charge on any atom is -0.461 e. The van der Waals surface area contributed by atoms with E-state index in [1.807, 2.05) is 0 Å². The Bertz CT molecular complexity index is 623. The molecule has 0 spiro atoms. The molecular weight excluding hydrogens is 284 g/mol. The molecule has 0 N–H and O–H groups in total. The molecule has 0 aliphatic heterocycles. The zero-order valence-corrected chi connectivity index (χ0v) is 11.3. The van der Waals surface area contributed by atoms with Crippen molar-refractivity contribution >= 4 is 23.4 Å². The van der Waals surface area contributed by atoms with E-state index in [1.165, 1.54) is 18.4 Å². The van der Waals surface area contributed by atoms with Crippen molar-refractivity contribution in [3.8, 4) is 0 Å². The van der Waals surface area contributed by atoms with Gasteiger partial charge in [0.15, 0.2) is 5.69 Å². The van der Waals surface area contributed by atoms with Crippen LogP contribution in [0.5, 0.6) is 0 Å². The monoisotopic (exact) mass is 294 g/mol. The van der Waals surface area contributed by atoms with Gasteiger partial charge in [-0.25, -0.2) is 4.79 Å². The van der Waals surface area contributed by atoms with Gasteiger partial charge < -0.3 is 9.15 Å². The number of hydrogen-bond donors (Lipinski definition) is 0. The third-order valence-electron chi connectivity index (χ3n) is 2.22. The number of nitrogens with zero attached hydrogens (tertiary/aromatic N) is 2. The second-order valence-electron chi connectivity index (χ2n) is 3.57. The zero-order chi connectivity index (χ0) is 14.5. The molecule has 0 saturated heterocycles. The minimum atomic E-state index is -0.549. The van der Waals surface area contributed by atoms with Gasteiger partial charge in [0.05, 0.1) is 11.5 Å². The van der Waals surface area contributed by atoms with Crippen LogP contribution in [0.25, 0.3) is 0 Å². The average molecular weight is 294 g/mol. The Morgan fingerprint density at radius 3 is 2.75 bits per heavy atom. The van der Waals surface area contributed by atoms with Crippen LogP contribution < -0.4 is 0 Å². The first-order chi connectivity index (χ1) is 9.60. The fourth-order valence-corrected chi connectivity index (χ4v) is 2.05. The molecule has 2 aromatic rings. The highest BCUT2D eigenvalue weighted by molar-refractivity contribution is 7.99. The molecule has 0 aliphatic rings. The highest BCUT2D eigenvalue weighted by Crippen LogP contribution is 2.28. The lowest BCUT2D eigenvalue weighted by Crippen LogP contribution is -2.04. The molecule has 104 valence electrons. The molecule has 0 aliphatic carbocycles. The first-order valence-electron chi connectivity index (χ1n) is 5.65. The van der Waals surface area contributed by atoms with Crippen molar-refractivity contribution in [2.24, 2.45) is 0 Å². The molecule has 0 saturated carbocycles. The Morgan fingerprint density at radius 1 is 1.45 bits per heavy atom. The summed E-state index contributed by atoms with van der Waals surface area (Å²) < 4.78 is 9.92. The van der Waals surface area contributed by atoms with Gasteiger partial charge in [-0.1, -0.05) is 0 Å². The van der Waals surface area contributed by atoms with E-state index in [0.29, 0.717) is 4.90 Å². The quantitative estimate of drug-likeness (QED) is 0.475. The van der Waals surface area contributed by atoms with Crippen molar-refractivity contribution in [2.45, 2.75) is 17.0 Å². The van der Waals surface area contributed by atoms with E-state index in [0.717, 1.165) is 11.8 Å². The minimum absolute atomic E-state index is 0.00830. The van der Waals surface area contributed by atoms with Crippen LogP contribution in [0.3, 0.4) is 0 Å². The summed E-state index contributed by atoms with van der Waals surface area (Å²) in [5, 5.41) is 10.8. The SMILES string of the molecule is CCOC(=O)c1coc(Sc2ccc([N+](=O)[O-])cc2)n1. The molecule has 0 fully saturated rings. The van der Waals surface area contributed by atoms with Crippen molar-refractivity contribution in [3.63, 3.8) is 0 Å². The van der Waals surface area contributed by atoms with E-state index in [9.17, 15) is 14.9 Å². The zero-order valence-electron chi connectivity index (χ0n) is 10.4. The summed E-state index contributed by atoms with van der Waals surface area (Å²) in [5.41, 5.74) is 0.102. The van der Waals surface area contributed by atoms with E-state index in [-0.39, 0.29) is 23.2 Å². The van der Waals surface area contributed by atoms with Crippen LogP contribution in [-0.2, 0) is 4.74 Å². The second-order valence-corrected chi connectivity index (χ2v) is 4.60. The van der Waals surface area contributed by atoms with Gasteiger partial charge in [0.1, 0.15) is 6.26 Å². The maximum Gasteiger partial charge on any atom is 0.360 e. The molecule has 0 atom stereocenters. The predicted molar refractivity (Wildman–Crippen MR) is 69.7 cm³/mol. The largest absolute Gasteiger partial charge is 0.461 e. The summed E-state index contributed by atoms with van der Waals surface area (Å²) in [6, 6.07) is 5.93. The Hall–Kier alpha value is -2.35. The molecule has 8 heteroatoms. The summed E-state index contributed by atoms with van der Waals surface area (Å²) in [7, 11) is 0. The van der Waals surface area contributed by atoms with Crippen LogP contribution >= 0.6 is 11.8 Å². The second kappa shape index (κ2) is 6.20. The summed E-state index contributed by atoms with van der Waals surface area (Å²) in [6.45, 7) is 1.96. The normalized spacial score (nSPS) is 10.2. The Morgan fingerprint density at radius 2 is 2.15 bits per heavy atom. The number of carbonyl (C=O) groups is 1. The molecular formula is C12H10N2O5S. The van der Waals surface area contributed by atoms with Gasteiger partial charge in [0.2, 0.25) is 0 Å². The molecule has 20 heavy (non-hydrogen) atoms. The number of oxazole rings is 1. The van der Waals surface area contributed by atoms with E-state index in [4.69, 9.17) is 9.15 Å². The number of rotatable bonds is 5. The lowest BCUT2D eigenvalue weighted by molar-refractivity contribution is -0.384. The third kappa shape index (κ3) is 3.35. The fraction of sp³-hybridized carbons (Fsp3) is 0.167. The summed E-state index contributed by atoms with van der Waals surface area (Å²) >= 11 is 1.16. The molecule has 0 radical (unpaired) electrons. The van der Waals surface area contributed by atoms with Crippen LogP contribution in [0.1, 0.15) is 17.4 Å². The van der Waals surface area contributed by atoms with Crippen molar-refractivity contribution in [1.82, 2.24) is 4.98 Å². The molecule has 7 nitrogen and oxygen atoms in total. The Balaban J connectivity index is 2.06. The number of hydrogen-bond acceptors (Lipinski definition) is 7. The van der Waals surface area contributed by atoms with Gasteiger partial charge >= 0.3 is 5.97 Å². The highest BCUT2D eigenvalue weighted by atomic mass is 32.2. The van der Waals surface area contributed by atoms with Gasteiger partial charge in [-0.2, -0.15) is 4.98 Å². The maximum absolute atomic E-state index is 11.4. The smallest absolute Gasteiger partial charge is 0.360 e. The van der Waals surface area contributed by atoms with Crippen molar-refractivity contribution < 1.29 is 18.9 Å². The van der Waals surface area contributed by atoms with Gasteiger partial charge in [-0.05, 0) is 30.8 Å². The number of carbonyl (C=O) groups excluding carboxylic acids is 1.